The molecular weight excluding hydrogens is 248 g/mol. The molecule has 0 amide bonds. The van der Waals surface area contributed by atoms with Gasteiger partial charge in [0.15, 0.2) is 0 Å². The molecule has 0 aromatic heterocycles. The molecule has 3 nitrogen and oxygen atoms in total. The summed E-state index contributed by atoms with van der Waals surface area (Å²) in [6.07, 6.45) is 7.00. The summed E-state index contributed by atoms with van der Waals surface area (Å²) in [7, 11) is 2.21. The van der Waals surface area contributed by atoms with Crippen LogP contribution in [0.3, 0.4) is 0 Å². The quantitative estimate of drug-likeness (QED) is 0.707. The fraction of sp³-hybridized carbons (Fsp3) is 1.00. The van der Waals surface area contributed by atoms with Crippen molar-refractivity contribution in [3.8, 4) is 0 Å². The van der Waals surface area contributed by atoms with Crippen molar-refractivity contribution in [2.24, 2.45) is 23.0 Å². The number of aliphatic hydroxyl groups excluding tert-OH is 1. The van der Waals surface area contributed by atoms with Gasteiger partial charge in [0.05, 0.1) is 0 Å². The molecule has 0 spiro atoms. The summed E-state index contributed by atoms with van der Waals surface area (Å²) in [5.74, 6) is 1.46. The van der Waals surface area contributed by atoms with Gasteiger partial charge in [0.25, 0.3) is 0 Å². The number of hydrogen-bond acceptors (Lipinski definition) is 3. The van der Waals surface area contributed by atoms with E-state index in [4.69, 9.17) is 10.8 Å². The Morgan fingerprint density at radius 1 is 1.15 bits per heavy atom. The van der Waals surface area contributed by atoms with E-state index < -0.39 is 0 Å². The molecule has 20 heavy (non-hydrogen) atoms. The van der Waals surface area contributed by atoms with Crippen LogP contribution in [0.1, 0.15) is 59.3 Å². The zero-order valence-electron chi connectivity index (χ0n) is 14.1. The zero-order valence-corrected chi connectivity index (χ0v) is 14.1. The minimum atomic E-state index is 0.324. The minimum absolute atomic E-state index is 0.324. The van der Waals surface area contributed by atoms with E-state index in [0.717, 1.165) is 31.8 Å². The predicted molar refractivity (Wildman–Crippen MR) is 86.7 cm³/mol. The lowest BCUT2D eigenvalue weighted by Crippen LogP contribution is -2.44. The van der Waals surface area contributed by atoms with Crippen molar-refractivity contribution in [3.63, 3.8) is 0 Å². The van der Waals surface area contributed by atoms with Crippen LogP contribution < -0.4 is 5.73 Å². The average Bonchev–Trinajstić information content (AvgIpc) is 2.36. The largest absolute Gasteiger partial charge is 0.396 e. The highest BCUT2D eigenvalue weighted by Gasteiger charge is 2.34. The number of aliphatic hydroxyl groups is 1. The van der Waals surface area contributed by atoms with Crippen LogP contribution in [0.4, 0.5) is 0 Å². The molecule has 0 radical (unpaired) electrons. The van der Waals surface area contributed by atoms with Gasteiger partial charge in [-0.15, -0.1) is 0 Å². The van der Waals surface area contributed by atoms with Gasteiger partial charge in [-0.25, -0.2) is 0 Å². The number of rotatable bonds is 7. The standard InChI is InChI=1S/C17H36N2O/c1-17(2,3)15-8-9-16(18)14(12-15)13-19(4)10-6-5-7-11-20/h14-16,20H,5-13,18H2,1-4H3. The third-order valence-corrected chi connectivity index (χ3v) is 5.01. The first-order valence-corrected chi connectivity index (χ1v) is 8.39. The number of nitrogens with two attached hydrogens (primary N) is 1. The van der Waals surface area contributed by atoms with E-state index in [1.165, 1.54) is 25.7 Å². The second-order valence-electron chi connectivity index (χ2n) is 7.85. The van der Waals surface area contributed by atoms with E-state index >= 15 is 0 Å². The van der Waals surface area contributed by atoms with Crippen molar-refractivity contribution in [3.05, 3.63) is 0 Å². The molecule has 0 aliphatic heterocycles. The lowest BCUT2D eigenvalue weighted by Gasteiger charge is -2.41. The van der Waals surface area contributed by atoms with Crippen molar-refractivity contribution in [1.82, 2.24) is 4.90 Å². The Bertz CT molecular complexity index is 262. The Balaban J connectivity index is 2.36. The summed E-state index contributed by atoms with van der Waals surface area (Å²) < 4.78 is 0. The average molecular weight is 284 g/mol. The zero-order chi connectivity index (χ0) is 15.2. The van der Waals surface area contributed by atoms with Crippen LogP contribution in [-0.4, -0.2) is 42.8 Å². The van der Waals surface area contributed by atoms with Gasteiger partial charge in [-0.3, -0.25) is 0 Å². The van der Waals surface area contributed by atoms with Crippen LogP contribution in [-0.2, 0) is 0 Å². The van der Waals surface area contributed by atoms with Crippen molar-refractivity contribution in [2.45, 2.75) is 65.3 Å². The van der Waals surface area contributed by atoms with Gasteiger partial charge in [-0.2, -0.15) is 0 Å². The Kier molecular flexibility index (Phi) is 7.49. The summed E-state index contributed by atoms with van der Waals surface area (Å²) in [4.78, 5) is 2.44. The van der Waals surface area contributed by atoms with Crippen LogP contribution >= 0.6 is 0 Å². The molecule has 1 saturated carbocycles. The van der Waals surface area contributed by atoms with Crippen LogP contribution in [0.25, 0.3) is 0 Å². The Hall–Kier alpha value is -0.120. The van der Waals surface area contributed by atoms with E-state index in [9.17, 15) is 0 Å². The topological polar surface area (TPSA) is 49.5 Å². The molecule has 3 N–H and O–H groups in total. The van der Waals surface area contributed by atoms with E-state index in [1.54, 1.807) is 0 Å². The second kappa shape index (κ2) is 8.35. The Labute approximate surface area is 125 Å². The predicted octanol–water partition coefficient (Wildman–Crippen LogP) is 2.87. The summed E-state index contributed by atoms with van der Waals surface area (Å²) in [6, 6.07) is 0.383. The maximum absolute atomic E-state index is 8.80. The maximum Gasteiger partial charge on any atom is 0.0431 e. The molecule has 1 rings (SSSR count). The van der Waals surface area contributed by atoms with Gasteiger partial charge in [0, 0.05) is 19.2 Å². The Morgan fingerprint density at radius 3 is 2.45 bits per heavy atom. The van der Waals surface area contributed by atoms with E-state index in [-0.39, 0.29) is 0 Å². The summed E-state index contributed by atoms with van der Waals surface area (Å²) in [5.41, 5.74) is 6.76. The third kappa shape index (κ3) is 6.11. The minimum Gasteiger partial charge on any atom is -0.396 e. The van der Waals surface area contributed by atoms with Gasteiger partial charge in [-0.1, -0.05) is 20.8 Å². The van der Waals surface area contributed by atoms with Gasteiger partial charge < -0.3 is 15.7 Å². The van der Waals surface area contributed by atoms with Crippen LogP contribution in [0.2, 0.25) is 0 Å². The van der Waals surface area contributed by atoms with Crippen molar-refractivity contribution in [2.75, 3.05) is 26.7 Å². The molecule has 120 valence electrons. The molecule has 3 unspecified atom stereocenters. The van der Waals surface area contributed by atoms with E-state index in [1.807, 2.05) is 0 Å². The maximum atomic E-state index is 8.80. The monoisotopic (exact) mass is 284 g/mol. The number of hydrogen-bond donors (Lipinski definition) is 2. The van der Waals surface area contributed by atoms with Crippen LogP contribution in [0.15, 0.2) is 0 Å². The van der Waals surface area contributed by atoms with Gasteiger partial charge in [-0.05, 0) is 69.4 Å². The summed E-state index contributed by atoms with van der Waals surface area (Å²) in [5, 5.41) is 8.80. The smallest absolute Gasteiger partial charge is 0.0431 e. The summed E-state index contributed by atoms with van der Waals surface area (Å²) in [6.45, 7) is 9.68. The lowest BCUT2D eigenvalue weighted by atomic mass is 9.67. The first kappa shape index (κ1) is 17.9. The molecule has 0 aromatic rings. The molecule has 1 aliphatic rings. The fourth-order valence-electron chi connectivity index (χ4n) is 3.45. The molecule has 1 fully saturated rings. The van der Waals surface area contributed by atoms with Gasteiger partial charge in [0.2, 0.25) is 0 Å². The molecular formula is C17H36N2O. The first-order valence-electron chi connectivity index (χ1n) is 8.39. The van der Waals surface area contributed by atoms with Crippen LogP contribution in [0, 0.1) is 17.3 Å². The lowest BCUT2D eigenvalue weighted by molar-refractivity contribution is 0.105. The van der Waals surface area contributed by atoms with Crippen molar-refractivity contribution < 1.29 is 5.11 Å². The third-order valence-electron chi connectivity index (χ3n) is 5.01. The van der Waals surface area contributed by atoms with Crippen molar-refractivity contribution >= 4 is 0 Å². The van der Waals surface area contributed by atoms with Crippen molar-refractivity contribution in [1.29, 1.82) is 0 Å². The number of nitrogens with zero attached hydrogens (tertiary/aromatic N) is 1. The SMILES string of the molecule is CN(CCCCCO)CC1CC(C(C)(C)C)CCC1N. The molecule has 0 saturated heterocycles. The van der Waals surface area contributed by atoms with Gasteiger partial charge >= 0.3 is 0 Å². The highest BCUT2D eigenvalue weighted by Crippen LogP contribution is 2.39. The van der Waals surface area contributed by atoms with E-state index in [2.05, 4.69) is 32.7 Å². The molecule has 3 heteroatoms. The molecule has 0 bridgehead atoms. The molecule has 0 heterocycles. The highest BCUT2D eigenvalue weighted by molar-refractivity contribution is 4.88. The van der Waals surface area contributed by atoms with Crippen LogP contribution in [0.5, 0.6) is 0 Å². The fourth-order valence-corrected chi connectivity index (χ4v) is 3.45. The normalized spacial score (nSPS) is 28.1. The first-order chi connectivity index (χ1) is 9.34. The molecule has 0 aromatic carbocycles. The van der Waals surface area contributed by atoms with E-state index in [0.29, 0.717) is 24.0 Å². The summed E-state index contributed by atoms with van der Waals surface area (Å²) >= 11 is 0. The second-order valence-corrected chi connectivity index (χ2v) is 7.85. The Morgan fingerprint density at radius 2 is 1.85 bits per heavy atom. The number of unbranched alkanes of at least 4 members (excludes halogenated alkanes) is 2. The molecule has 1 aliphatic carbocycles. The molecule has 3 atom stereocenters. The van der Waals surface area contributed by atoms with Gasteiger partial charge in [0.1, 0.15) is 0 Å². The highest BCUT2D eigenvalue weighted by atomic mass is 16.2.